The minimum absolute atomic E-state index is 0.0587. The number of hydrogen-bond donors (Lipinski definition) is 2. The number of carbonyl (C=O) groups is 1. The van der Waals surface area contributed by atoms with E-state index in [1.807, 2.05) is 25.1 Å². The number of nitrogens with one attached hydrogen (secondary N) is 1. The maximum Gasteiger partial charge on any atom is 0.257 e. The summed E-state index contributed by atoms with van der Waals surface area (Å²) in [5, 5.41) is 12.6. The molecule has 5 nitrogen and oxygen atoms in total. The predicted molar refractivity (Wildman–Crippen MR) is 79.6 cm³/mol. The van der Waals surface area contributed by atoms with E-state index in [1.54, 1.807) is 12.1 Å². The molecule has 1 aromatic carbocycles. The number of carbonyl (C=O) groups excluding carboxylic acids is 1. The summed E-state index contributed by atoms with van der Waals surface area (Å²) >= 11 is 5.95. The molecule has 1 amide bonds. The van der Waals surface area contributed by atoms with E-state index in [2.05, 4.69) is 10.3 Å². The quantitative estimate of drug-likeness (QED) is 0.912. The summed E-state index contributed by atoms with van der Waals surface area (Å²) in [6.07, 6.45) is 2.65. The van der Waals surface area contributed by atoms with Gasteiger partial charge in [-0.25, -0.2) is 0 Å². The van der Waals surface area contributed by atoms with Crippen LogP contribution in [0.4, 0.5) is 11.4 Å². The maximum atomic E-state index is 12.1. The number of halogens is 1. The Bertz CT molecular complexity index is 644. The van der Waals surface area contributed by atoms with Crippen LogP contribution in [-0.4, -0.2) is 30.1 Å². The molecule has 0 atom stereocenters. The lowest BCUT2D eigenvalue weighted by atomic mass is 10.2. The second-order valence-corrected chi connectivity index (χ2v) is 4.88. The Balaban J connectivity index is 2.30. The molecule has 2 aromatic rings. The van der Waals surface area contributed by atoms with E-state index in [-0.39, 0.29) is 17.2 Å². The molecule has 0 saturated carbocycles. The average molecular weight is 292 g/mol. The minimum atomic E-state index is -0.362. The van der Waals surface area contributed by atoms with Gasteiger partial charge < -0.3 is 15.3 Å². The zero-order chi connectivity index (χ0) is 14.7. The van der Waals surface area contributed by atoms with Gasteiger partial charge in [-0.2, -0.15) is 0 Å². The van der Waals surface area contributed by atoms with Crippen molar-refractivity contribution in [3.63, 3.8) is 0 Å². The van der Waals surface area contributed by atoms with Crippen molar-refractivity contribution in [2.75, 3.05) is 24.3 Å². The molecular formula is C14H14ClN3O2. The molecule has 1 aromatic heterocycles. The number of aromatic nitrogens is 1. The normalized spacial score (nSPS) is 10.2. The molecular weight excluding hydrogens is 278 g/mol. The fourth-order valence-electron chi connectivity index (χ4n) is 1.74. The third-order valence-electron chi connectivity index (χ3n) is 2.67. The van der Waals surface area contributed by atoms with Crippen LogP contribution in [0.5, 0.6) is 5.75 Å². The van der Waals surface area contributed by atoms with E-state index in [9.17, 15) is 9.90 Å². The lowest BCUT2D eigenvalue weighted by Gasteiger charge is -2.18. The molecule has 0 bridgehead atoms. The van der Waals surface area contributed by atoms with Gasteiger partial charge in [0.05, 0.1) is 23.1 Å². The monoisotopic (exact) mass is 291 g/mol. The second kappa shape index (κ2) is 5.79. The molecule has 1 heterocycles. The van der Waals surface area contributed by atoms with E-state index >= 15 is 0 Å². The molecule has 104 valence electrons. The van der Waals surface area contributed by atoms with E-state index in [0.717, 1.165) is 5.69 Å². The summed E-state index contributed by atoms with van der Waals surface area (Å²) < 4.78 is 0. The van der Waals surface area contributed by atoms with Gasteiger partial charge in [0, 0.05) is 25.3 Å². The summed E-state index contributed by atoms with van der Waals surface area (Å²) in [6.45, 7) is 0. The number of nitrogens with zero attached hydrogens (tertiary/aromatic N) is 2. The highest BCUT2D eigenvalue weighted by atomic mass is 35.5. The van der Waals surface area contributed by atoms with Gasteiger partial charge in [-0.1, -0.05) is 11.6 Å². The van der Waals surface area contributed by atoms with Crippen LogP contribution in [0.2, 0.25) is 5.02 Å². The first-order chi connectivity index (χ1) is 9.47. The standard InChI is InChI=1S/C14H14ClN3O2/c1-18(2)13-4-3-10(15)6-12(13)17-14(20)9-5-11(19)8-16-7-9/h3-8,19H,1-2H3,(H,17,20). The van der Waals surface area contributed by atoms with Crippen molar-refractivity contribution in [3.8, 4) is 5.75 Å². The van der Waals surface area contributed by atoms with E-state index in [1.165, 1.54) is 18.5 Å². The van der Waals surface area contributed by atoms with Gasteiger partial charge in [0.2, 0.25) is 0 Å². The first kappa shape index (κ1) is 14.1. The number of anilines is 2. The molecule has 0 fully saturated rings. The van der Waals surface area contributed by atoms with Gasteiger partial charge in [0.15, 0.2) is 0 Å². The van der Waals surface area contributed by atoms with Crippen LogP contribution in [0.1, 0.15) is 10.4 Å². The van der Waals surface area contributed by atoms with Gasteiger partial charge >= 0.3 is 0 Å². The molecule has 0 radical (unpaired) electrons. The Labute approximate surface area is 121 Å². The number of rotatable bonds is 3. The minimum Gasteiger partial charge on any atom is -0.506 e. The first-order valence-corrected chi connectivity index (χ1v) is 6.27. The smallest absolute Gasteiger partial charge is 0.257 e. The lowest BCUT2D eigenvalue weighted by Crippen LogP contribution is -2.16. The van der Waals surface area contributed by atoms with Gasteiger partial charge in [-0.05, 0) is 24.3 Å². The van der Waals surface area contributed by atoms with E-state index in [4.69, 9.17) is 11.6 Å². The van der Waals surface area contributed by atoms with Crippen LogP contribution >= 0.6 is 11.6 Å². The van der Waals surface area contributed by atoms with Crippen molar-refractivity contribution < 1.29 is 9.90 Å². The fraction of sp³-hybridized carbons (Fsp3) is 0.143. The van der Waals surface area contributed by atoms with Crippen molar-refractivity contribution in [1.82, 2.24) is 4.98 Å². The van der Waals surface area contributed by atoms with Crippen LogP contribution in [0.15, 0.2) is 36.7 Å². The van der Waals surface area contributed by atoms with Crippen LogP contribution in [0, 0.1) is 0 Å². The number of pyridine rings is 1. The molecule has 0 unspecified atom stereocenters. The van der Waals surface area contributed by atoms with Crippen molar-refractivity contribution >= 4 is 28.9 Å². The Morgan fingerprint density at radius 3 is 2.70 bits per heavy atom. The molecule has 2 N–H and O–H groups in total. The Morgan fingerprint density at radius 1 is 1.30 bits per heavy atom. The average Bonchev–Trinajstić information content (AvgIpc) is 2.38. The van der Waals surface area contributed by atoms with Crippen molar-refractivity contribution in [3.05, 3.63) is 47.2 Å². The zero-order valence-corrected chi connectivity index (χ0v) is 11.8. The summed E-state index contributed by atoms with van der Waals surface area (Å²) in [5.74, 6) is -0.421. The molecule has 0 spiro atoms. The second-order valence-electron chi connectivity index (χ2n) is 4.44. The van der Waals surface area contributed by atoms with Crippen molar-refractivity contribution in [1.29, 1.82) is 0 Å². The molecule has 0 aliphatic rings. The van der Waals surface area contributed by atoms with Gasteiger partial charge in [-0.3, -0.25) is 9.78 Å². The molecule has 6 heteroatoms. The number of aromatic hydroxyl groups is 1. The van der Waals surface area contributed by atoms with Crippen molar-refractivity contribution in [2.24, 2.45) is 0 Å². The zero-order valence-electron chi connectivity index (χ0n) is 11.1. The van der Waals surface area contributed by atoms with Gasteiger partial charge in [0.1, 0.15) is 5.75 Å². The summed E-state index contributed by atoms with van der Waals surface area (Å²) in [7, 11) is 3.74. The van der Waals surface area contributed by atoms with Crippen LogP contribution in [-0.2, 0) is 0 Å². The lowest BCUT2D eigenvalue weighted by molar-refractivity contribution is 0.102. The number of hydrogen-bond acceptors (Lipinski definition) is 4. The fourth-order valence-corrected chi connectivity index (χ4v) is 1.92. The van der Waals surface area contributed by atoms with Gasteiger partial charge in [0.25, 0.3) is 5.91 Å². The first-order valence-electron chi connectivity index (χ1n) is 5.89. The highest BCUT2D eigenvalue weighted by molar-refractivity contribution is 6.31. The third kappa shape index (κ3) is 3.19. The SMILES string of the molecule is CN(C)c1ccc(Cl)cc1NC(=O)c1cncc(O)c1. The Morgan fingerprint density at radius 2 is 2.05 bits per heavy atom. The molecule has 0 aliphatic heterocycles. The Hall–Kier alpha value is -2.27. The molecule has 2 rings (SSSR count). The third-order valence-corrected chi connectivity index (χ3v) is 2.91. The summed E-state index contributed by atoms with van der Waals surface area (Å²) in [4.78, 5) is 17.8. The molecule has 0 saturated heterocycles. The summed E-state index contributed by atoms with van der Waals surface area (Å²) in [5.41, 5.74) is 1.70. The van der Waals surface area contributed by atoms with E-state index < -0.39 is 0 Å². The topological polar surface area (TPSA) is 65.5 Å². The maximum absolute atomic E-state index is 12.1. The summed E-state index contributed by atoms with van der Waals surface area (Å²) in [6, 6.07) is 6.59. The number of amides is 1. The highest BCUT2D eigenvalue weighted by Gasteiger charge is 2.11. The van der Waals surface area contributed by atoms with Crippen LogP contribution in [0.25, 0.3) is 0 Å². The molecule has 0 aliphatic carbocycles. The van der Waals surface area contributed by atoms with Crippen LogP contribution in [0.3, 0.4) is 0 Å². The Kier molecular flexibility index (Phi) is 4.10. The molecule has 20 heavy (non-hydrogen) atoms. The number of benzene rings is 1. The van der Waals surface area contributed by atoms with Gasteiger partial charge in [-0.15, -0.1) is 0 Å². The highest BCUT2D eigenvalue weighted by Crippen LogP contribution is 2.28. The van der Waals surface area contributed by atoms with Crippen molar-refractivity contribution in [2.45, 2.75) is 0 Å². The van der Waals surface area contributed by atoms with E-state index in [0.29, 0.717) is 10.7 Å². The predicted octanol–water partition coefficient (Wildman–Crippen LogP) is 2.76. The largest absolute Gasteiger partial charge is 0.506 e. The van der Waals surface area contributed by atoms with Crippen LogP contribution < -0.4 is 10.2 Å².